The molecule has 16 heavy (non-hydrogen) atoms. The Morgan fingerprint density at radius 2 is 2.00 bits per heavy atom. The third-order valence-corrected chi connectivity index (χ3v) is 3.37. The first kappa shape index (κ1) is 12.9. The molecule has 0 spiro atoms. The summed E-state index contributed by atoms with van der Waals surface area (Å²) in [4.78, 5) is 8.41. The van der Waals surface area contributed by atoms with E-state index in [9.17, 15) is 0 Å². The third-order valence-electron chi connectivity index (χ3n) is 3.37. The van der Waals surface area contributed by atoms with Crippen molar-refractivity contribution in [1.82, 2.24) is 9.97 Å². The lowest BCUT2D eigenvalue weighted by Gasteiger charge is -2.29. The number of hydrogen-bond donors (Lipinski definition) is 1. The highest BCUT2D eigenvalue weighted by molar-refractivity contribution is 5.35. The zero-order valence-corrected chi connectivity index (χ0v) is 11.0. The molecule has 1 aromatic heterocycles. The number of aromatic nitrogens is 2. The normalized spacial score (nSPS) is 11.9. The molecule has 0 aromatic carbocycles. The molecule has 0 saturated carbocycles. The summed E-state index contributed by atoms with van der Waals surface area (Å²) in [6.07, 6.45) is 2.58. The van der Waals surface area contributed by atoms with E-state index in [0.717, 1.165) is 24.5 Å². The van der Waals surface area contributed by atoms with Crippen molar-refractivity contribution in [2.75, 3.05) is 11.9 Å². The second-order valence-electron chi connectivity index (χ2n) is 5.24. The van der Waals surface area contributed by atoms with Crippen LogP contribution in [-0.4, -0.2) is 16.5 Å². The molecule has 90 valence electrons. The Hall–Kier alpha value is -1.12. The molecule has 1 heterocycles. The Morgan fingerprint density at radius 3 is 2.56 bits per heavy atom. The van der Waals surface area contributed by atoms with Gasteiger partial charge in [-0.1, -0.05) is 34.6 Å². The lowest BCUT2D eigenvalue weighted by molar-refractivity contribution is 0.269. The molecule has 0 radical (unpaired) electrons. The lowest BCUT2D eigenvalue weighted by atomic mass is 9.81. The van der Waals surface area contributed by atoms with Gasteiger partial charge in [-0.3, -0.25) is 0 Å². The predicted octanol–water partition coefficient (Wildman–Crippen LogP) is 3.13. The largest absolute Gasteiger partial charge is 0.369 e. The van der Waals surface area contributed by atoms with Gasteiger partial charge < -0.3 is 5.32 Å². The Morgan fingerprint density at radius 1 is 1.31 bits per heavy atom. The summed E-state index contributed by atoms with van der Waals surface area (Å²) >= 11 is 0. The van der Waals surface area contributed by atoms with E-state index in [1.807, 2.05) is 6.07 Å². The van der Waals surface area contributed by atoms with Crippen LogP contribution in [0.5, 0.6) is 0 Å². The van der Waals surface area contributed by atoms with Crippen LogP contribution in [0.25, 0.3) is 0 Å². The number of hydrogen-bond acceptors (Lipinski definition) is 3. The number of aryl methyl sites for hydroxylation is 1. The first-order chi connectivity index (χ1) is 7.45. The summed E-state index contributed by atoms with van der Waals surface area (Å²) in [5.74, 6) is 1.58. The molecule has 0 bridgehead atoms. The molecular weight excluding hydrogens is 198 g/mol. The van der Waals surface area contributed by atoms with Gasteiger partial charge in [0.15, 0.2) is 0 Å². The van der Waals surface area contributed by atoms with E-state index in [-0.39, 0.29) is 5.41 Å². The van der Waals surface area contributed by atoms with Gasteiger partial charge in [0.25, 0.3) is 0 Å². The van der Waals surface area contributed by atoms with Gasteiger partial charge >= 0.3 is 0 Å². The number of nitrogens with one attached hydrogen (secondary N) is 1. The third kappa shape index (κ3) is 3.47. The minimum atomic E-state index is 0.275. The van der Waals surface area contributed by atoms with Gasteiger partial charge in [-0.25, -0.2) is 9.97 Å². The van der Waals surface area contributed by atoms with Crippen LogP contribution in [0.3, 0.4) is 0 Å². The fourth-order valence-electron chi connectivity index (χ4n) is 1.21. The van der Waals surface area contributed by atoms with Crippen LogP contribution >= 0.6 is 0 Å². The highest BCUT2D eigenvalue weighted by atomic mass is 15.0. The van der Waals surface area contributed by atoms with Crippen molar-refractivity contribution in [3.05, 3.63) is 18.1 Å². The molecule has 3 nitrogen and oxygen atoms in total. The van der Waals surface area contributed by atoms with E-state index in [0.29, 0.717) is 5.92 Å². The van der Waals surface area contributed by atoms with E-state index in [1.54, 1.807) is 6.33 Å². The molecule has 0 amide bonds. The Bertz CT molecular complexity index is 332. The molecule has 0 aliphatic heterocycles. The van der Waals surface area contributed by atoms with Gasteiger partial charge in [0.2, 0.25) is 0 Å². The van der Waals surface area contributed by atoms with Crippen LogP contribution in [0.2, 0.25) is 0 Å². The van der Waals surface area contributed by atoms with Crippen LogP contribution in [0.1, 0.15) is 40.3 Å². The molecule has 3 heteroatoms. The predicted molar refractivity (Wildman–Crippen MR) is 68.5 cm³/mol. The van der Waals surface area contributed by atoms with Gasteiger partial charge in [-0.15, -0.1) is 0 Å². The van der Waals surface area contributed by atoms with Crippen molar-refractivity contribution in [3.8, 4) is 0 Å². The first-order valence-electron chi connectivity index (χ1n) is 6.00. The summed E-state index contributed by atoms with van der Waals surface area (Å²) in [6, 6.07) is 2.02. The second-order valence-corrected chi connectivity index (χ2v) is 5.24. The Balaban J connectivity index is 2.60. The second kappa shape index (κ2) is 5.28. The molecule has 0 aliphatic carbocycles. The minimum absolute atomic E-state index is 0.275. The molecular formula is C13H23N3. The Kier molecular flexibility index (Phi) is 4.27. The van der Waals surface area contributed by atoms with Crippen LogP contribution in [0.4, 0.5) is 5.82 Å². The Labute approximate surface area is 98.7 Å². The minimum Gasteiger partial charge on any atom is -0.369 e. The van der Waals surface area contributed by atoms with E-state index in [2.05, 4.69) is 49.9 Å². The topological polar surface area (TPSA) is 37.8 Å². The maximum Gasteiger partial charge on any atom is 0.129 e. The number of rotatable bonds is 5. The summed E-state index contributed by atoms with van der Waals surface area (Å²) in [7, 11) is 0. The van der Waals surface area contributed by atoms with Crippen LogP contribution in [-0.2, 0) is 6.42 Å². The zero-order valence-electron chi connectivity index (χ0n) is 11.0. The molecule has 1 rings (SSSR count). The van der Waals surface area contributed by atoms with Crippen LogP contribution in [0, 0.1) is 11.3 Å². The average Bonchev–Trinajstić information content (AvgIpc) is 2.26. The summed E-state index contributed by atoms with van der Waals surface area (Å²) < 4.78 is 0. The maximum absolute atomic E-state index is 4.23. The van der Waals surface area contributed by atoms with E-state index in [4.69, 9.17) is 0 Å². The molecule has 0 aliphatic rings. The molecule has 0 atom stereocenters. The van der Waals surface area contributed by atoms with Gasteiger partial charge in [0, 0.05) is 18.3 Å². The van der Waals surface area contributed by atoms with E-state index in [1.165, 1.54) is 0 Å². The fourth-order valence-corrected chi connectivity index (χ4v) is 1.21. The van der Waals surface area contributed by atoms with Crippen molar-refractivity contribution in [2.45, 2.75) is 41.0 Å². The van der Waals surface area contributed by atoms with Crippen molar-refractivity contribution >= 4 is 5.82 Å². The average molecular weight is 221 g/mol. The summed E-state index contributed by atoms with van der Waals surface area (Å²) in [5.41, 5.74) is 1.36. The van der Waals surface area contributed by atoms with Crippen molar-refractivity contribution in [1.29, 1.82) is 0 Å². The fraction of sp³-hybridized carbons (Fsp3) is 0.692. The number of nitrogens with zero attached hydrogens (tertiary/aromatic N) is 2. The lowest BCUT2D eigenvalue weighted by Crippen LogP contribution is -2.28. The number of anilines is 1. The molecule has 0 fully saturated rings. The zero-order chi connectivity index (χ0) is 12.2. The highest BCUT2D eigenvalue weighted by Gasteiger charge is 2.21. The van der Waals surface area contributed by atoms with Crippen molar-refractivity contribution in [3.63, 3.8) is 0 Å². The monoisotopic (exact) mass is 221 g/mol. The van der Waals surface area contributed by atoms with Gasteiger partial charge in [-0.05, 0) is 17.8 Å². The van der Waals surface area contributed by atoms with Gasteiger partial charge in [-0.2, -0.15) is 0 Å². The maximum atomic E-state index is 4.23. The van der Waals surface area contributed by atoms with Crippen molar-refractivity contribution in [2.24, 2.45) is 11.3 Å². The summed E-state index contributed by atoms with van der Waals surface area (Å²) in [5, 5.41) is 3.39. The highest BCUT2D eigenvalue weighted by Crippen LogP contribution is 2.25. The SMILES string of the molecule is CCc1cc(NCC(C)(C)C(C)C)ncn1. The van der Waals surface area contributed by atoms with E-state index >= 15 is 0 Å². The van der Waals surface area contributed by atoms with Gasteiger partial charge in [0.05, 0.1) is 0 Å². The molecule has 0 saturated heterocycles. The van der Waals surface area contributed by atoms with Crippen molar-refractivity contribution < 1.29 is 0 Å². The standard InChI is InChI=1S/C13H23N3/c1-6-11-7-12(16-9-15-11)14-8-13(4,5)10(2)3/h7,9-10H,6,8H2,1-5H3,(H,14,15,16). The van der Waals surface area contributed by atoms with Crippen LogP contribution < -0.4 is 5.32 Å². The first-order valence-corrected chi connectivity index (χ1v) is 6.00. The quantitative estimate of drug-likeness (QED) is 0.830. The molecule has 1 N–H and O–H groups in total. The molecule has 0 unspecified atom stereocenters. The summed E-state index contributed by atoms with van der Waals surface area (Å²) in [6.45, 7) is 12.1. The van der Waals surface area contributed by atoms with Gasteiger partial charge in [0.1, 0.15) is 12.1 Å². The smallest absolute Gasteiger partial charge is 0.129 e. The van der Waals surface area contributed by atoms with E-state index < -0.39 is 0 Å². The molecule has 1 aromatic rings. The van der Waals surface area contributed by atoms with Crippen LogP contribution in [0.15, 0.2) is 12.4 Å².